The summed E-state index contributed by atoms with van der Waals surface area (Å²) in [5, 5.41) is 5.60. The van der Waals surface area contributed by atoms with Crippen molar-refractivity contribution < 1.29 is 28.7 Å². The Bertz CT molecular complexity index is 1580. The van der Waals surface area contributed by atoms with Crippen molar-refractivity contribution in [2.24, 2.45) is 22.4 Å². The summed E-state index contributed by atoms with van der Waals surface area (Å²) >= 11 is 0. The number of carbonyl (C=O) groups is 4. The average Bonchev–Trinajstić information content (AvgIpc) is 3.42. The van der Waals surface area contributed by atoms with Gasteiger partial charge in [-0.15, -0.1) is 0 Å². The number of hydrogen-bond acceptors (Lipinski definition) is 8. The van der Waals surface area contributed by atoms with E-state index >= 15 is 0 Å². The predicted molar refractivity (Wildman–Crippen MR) is 174 cm³/mol. The lowest BCUT2D eigenvalue weighted by atomic mass is 9.52. The maximum Gasteiger partial charge on any atom is 0.415 e. The fourth-order valence-electron chi connectivity index (χ4n) is 7.93. The first-order chi connectivity index (χ1) is 22.6. The quantitative estimate of drug-likeness (QED) is 0.159. The number of benzene rings is 2. The first-order valence-corrected chi connectivity index (χ1v) is 16.3. The Morgan fingerprint density at radius 2 is 1.98 bits per heavy atom. The molecule has 5 atom stereocenters. The van der Waals surface area contributed by atoms with Crippen LogP contribution in [0.15, 0.2) is 47.5 Å². The zero-order valence-corrected chi connectivity index (χ0v) is 26.9. The molecule has 2 aromatic carbocycles. The minimum absolute atomic E-state index is 0.0453. The molecule has 2 fully saturated rings. The topological polar surface area (TPSA) is 182 Å². The molecule has 1 saturated carbocycles. The van der Waals surface area contributed by atoms with E-state index in [0.29, 0.717) is 54.8 Å². The van der Waals surface area contributed by atoms with Gasteiger partial charge in [-0.25, -0.2) is 4.79 Å². The molecule has 4 unspecified atom stereocenters. The number of nitrogens with zero attached hydrogens (tertiary/aromatic N) is 3. The number of aliphatic imine (C=N–C) groups is 1. The summed E-state index contributed by atoms with van der Waals surface area (Å²) in [6.07, 6.45) is 2.67. The average molecular weight is 646 g/mol. The van der Waals surface area contributed by atoms with Crippen LogP contribution in [-0.4, -0.2) is 97.9 Å². The minimum atomic E-state index is -0.834. The van der Waals surface area contributed by atoms with Crippen LogP contribution in [0.3, 0.4) is 0 Å². The first-order valence-electron chi connectivity index (χ1n) is 16.3. The van der Waals surface area contributed by atoms with Gasteiger partial charge in [-0.05, 0) is 75.4 Å². The second-order valence-electron chi connectivity index (χ2n) is 13.0. The number of carbonyl (C=O) groups excluding carboxylic acids is 4. The molecule has 47 heavy (non-hydrogen) atoms. The molecule has 250 valence electrons. The number of nitrogens with one attached hydrogen (secondary N) is 2. The van der Waals surface area contributed by atoms with Gasteiger partial charge >= 0.3 is 6.09 Å². The van der Waals surface area contributed by atoms with Crippen molar-refractivity contribution in [3.63, 3.8) is 0 Å². The number of ether oxygens (including phenoxy) is 2. The second kappa shape index (κ2) is 13.2. The van der Waals surface area contributed by atoms with Crippen LogP contribution in [0.2, 0.25) is 0 Å². The molecule has 1 saturated heterocycles. The van der Waals surface area contributed by atoms with Gasteiger partial charge in [-0.1, -0.05) is 24.3 Å². The van der Waals surface area contributed by atoms with E-state index in [4.69, 9.17) is 20.9 Å². The van der Waals surface area contributed by atoms with Crippen molar-refractivity contribution in [2.45, 2.75) is 62.1 Å². The monoisotopic (exact) mass is 645 g/mol. The Labute approximate surface area is 274 Å². The molecule has 2 aliphatic heterocycles. The largest absolute Gasteiger partial charge is 0.477 e. The molecule has 2 aromatic rings. The summed E-state index contributed by atoms with van der Waals surface area (Å²) in [7, 11) is 3.74. The Morgan fingerprint density at radius 3 is 2.74 bits per heavy atom. The van der Waals surface area contributed by atoms with Crippen molar-refractivity contribution in [3.05, 3.63) is 59.2 Å². The number of ketones is 1. The van der Waals surface area contributed by atoms with E-state index in [2.05, 4.69) is 27.6 Å². The number of piperidine rings is 1. The second-order valence-corrected chi connectivity index (χ2v) is 13.0. The molecule has 13 nitrogen and oxygen atoms in total. The van der Waals surface area contributed by atoms with E-state index < -0.39 is 24.1 Å². The summed E-state index contributed by atoms with van der Waals surface area (Å²) in [6.45, 7) is 1.48. The minimum Gasteiger partial charge on any atom is -0.477 e. The third kappa shape index (κ3) is 6.11. The molecule has 6 rings (SSSR count). The zero-order valence-electron chi connectivity index (χ0n) is 26.9. The highest BCUT2D eigenvalue weighted by Crippen LogP contribution is 2.63. The normalized spacial score (nSPS) is 24.3. The molecule has 2 bridgehead atoms. The van der Waals surface area contributed by atoms with Gasteiger partial charge in [0, 0.05) is 55.7 Å². The van der Waals surface area contributed by atoms with Gasteiger partial charge < -0.3 is 41.4 Å². The smallest absolute Gasteiger partial charge is 0.415 e. The van der Waals surface area contributed by atoms with Crippen LogP contribution in [0.4, 0.5) is 4.79 Å². The third-order valence-corrected chi connectivity index (χ3v) is 10.2. The number of Topliss-reactive ketones (excluding diaryl/α,β-unsaturated/α-hetero) is 1. The molecule has 0 aromatic heterocycles. The number of amides is 3. The third-order valence-electron chi connectivity index (χ3n) is 10.2. The molecule has 1 spiro atoms. The molecule has 4 aliphatic rings. The summed E-state index contributed by atoms with van der Waals surface area (Å²) in [5.41, 5.74) is 13.1. The van der Waals surface area contributed by atoms with Crippen LogP contribution in [0.5, 0.6) is 11.5 Å². The van der Waals surface area contributed by atoms with Crippen LogP contribution in [0, 0.1) is 5.92 Å². The van der Waals surface area contributed by atoms with E-state index in [9.17, 15) is 19.2 Å². The van der Waals surface area contributed by atoms with Crippen LogP contribution in [0.1, 0.15) is 53.6 Å². The fraction of sp³-hybridized carbons (Fsp3) is 0.500. The summed E-state index contributed by atoms with van der Waals surface area (Å²) in [5.74, 6) is 0.448. The van der Waals surface area contributed by atoms with E-state index in [-0.39, 0.29) is 36.2 Å². The lowest BCUT2D eigenvalue weighted by Crippen LogP contribution is -2.65. The lowest BCUT2D eigenvalue weighted by molar-refractivity contribution is -0.138. The molecule has 3 amide bonds. The van der Waals surface area contributed by atoms with Gasteiger partial charge in [0.2, 0.25) is 5.91 Å². The standard InChI is InChI=1S/C34H43N7O6/c1-40-17-14-34-22-11-12-25(42)29(34)47-28-26(13-10-21(27(28)34)19-24(22)40)46-33(45)41(2)18-16-37-31(44)23(9-6-15-38-32(35)36)39-30(43)20-7-4-3-5-8-20/h3-5,7-8,10,13,22-24,29H,6,9,11-12,14-19H2,1-2H3,(H,37,44)(H,39,43)(H4,35,36,38)/t22?,23-,24?,29?,34?/m0/s1. The molecule has 0 radical (unpaired) electrons. The Hall–Kier alpha value is -4.65. The van der Waals surface area contributed by atoms with E-state index in [1.54, 1.807) is 43.4 Å². The maximum absolute atomic E-state index is 13.2. The number of nitrogens with two attached hydrogens (primary N) is 2. The number of guanidine groups is 1. The van der Waals surface area contributed by atoms with Crippen molar-refractivity contribution in [3.8, 4) is 11.5 Å². The highest BCUT2D eigenvalue weighted by molar-refractivity contribution is 5.97. The highest BCUT2D eigenvalue weighted by atomic mass is 16.6. The van der Waals surface area contributed by atoms with Crippen LogP contribution < -0.4 is 31.6 Å². The van der Waals surface area contributed by atoms with E-state index in [0.717, 1.165) is 36.9 Å². The zero-order chi connectivity index (χ0) is 33.3. The molecular weight excluding hydrogens is 602 g/mol. The number of hydrogen-bond donors (Lipinski definition) is 4. The fourth-order valence-corrected chi connectivity index (χ4v) is 7.93. The number of likely N-dealkylation sites (tertiary alicyclic amines) is 1. The maximum atomic E-state index is 13.2. The number of rotatable bonds is 11. The van der Waals surface area contributed by atoms with Gasteiger partial charge in [-0.3, -0.25) is 19.4 Å². The Balaban J connectivity index is 1.08. The van der Waals surface area contributed by atoms with Crippen molar-refractivity contribution in [1.82, 2.24) is 20.4 Å². The lowest BCUT2D eigenvalue weighted by Gasteiger charge is -2.57. The molecular formula is C34H43N7O6. The van der Waals surface area contributed by atoms with Gasteiger partial charge in [0.05, 0.1) is 0 Å². The highest BCUT2D eigenvalue weighted by Gasteiger charge is 2.65. The molecule has 6 N–H and O–H groups in total. The summed E-state index contributed by atoms with van der Waals surface area (Å²) < 4.78 is 12.3. The van der Waals surface area contributed by atoms with Crippen LogP contribution >= 0.6 is 0 Å². The Kier molecular flexibility index (Phi) is 9.09. The van der Waals surface area contributed by atoms with Gasteiger partial charge in [0.15, 0.2) is 29.3 Å². The van der Waals surface area contributed by atoms with E-state index in [1.807, 2.05) is 6.07 Å². The molecule has 13 heteroatoms. The van der Waals surface area contributed by atoms with Crippen LogP contribution in [-0.2, 0) is 21.4 Å². The van der Waals surface area contributed by atoms with E-state index in [1.165, 1.54) is 4.90 Å². The van der Waals surface area contributed by atoms with Gasteiger partial charge in [0.25, 0.3) is 5.91 Å². The summed E-state index contributed by atoms with van der Waals surface area (Å²) in [6, 6.07) is 11.9. The molecule has 2 aliphatic carbocycles. The van der Waals surface area contributed by atoms with Gasteiger partial charge in [-0.2, -0.15) is 0 Å². The van der Waals surface area contributed by atoms with Crippen molar-refractivity contribution in [2.75, 3.05) is 40.3 Å². The molecule has 2 heterocycles. The van der Waals surface area contributed by atoms with Gasteiger partial charge in [0.1, 0.15) is 6.04 Å². The van der Waals surface area contributed by atoms with Crippen molar-refractivity contribution in [1.29, 1.82) is 0 Å². The first kappa shape index (κ1) is 32.3. The van der Waals surface area contributed by atoms with Crippen molar-refractivity contribution >= 4 is 29.7 Å². The predicted octanol–water partition coefficient (Wildman–Crippen LogP) is 1.32. The SMILES string of the molecule is CN(CCNC(=O)[C@H](CCCN=C(N)N)NC(=O)c1ccccc1)C(=O)Oc1ccc2c3c1OC1C(=O)CCC4C(C2)N(C)CCC314. The van der Waals surface area contributed by atoms with Crippen LogP contribution in [0.25, 0.3) is 0 Å². The Morgan fingerprint density at radius 1 is 1.19 bits per heavy atom. The number of likely N-dealkylation sites (N-methyl/N-ethyl adjacent to an activating group) is 2. The summed E-state index contributed by atoms with van der Waals surface area (Å²) in [4.78, 5) is 60.0.